The largest absolute Gasteiger partial charge is 0.311 e. The fourth-order valence-electron chi connectivity index (χ4n) is 11.7. The summed E-state index contributed by atoms with van der Waals surface area (Å²) >= 11 is 0. The van der Waals surface area contributed by atoms with Crippen LogP contribution in [0.3, 0.4) is 0 Å². The highest BCUT2D eigenvalue weighted by atomic mass is 15.1. The second-order valence-electron chi connectivity index (χ2n) is 20.4. The molecule has 0 radical (unpaired) electrons. The molecular weight excluding hydrogens is 989 g/mol. The molecule has 0 aliphatic carbocycles. The van der Waals surface area contributed by atoms with Gasteiger partial charge in [-0.05, 0) is 186 Å². The molecule has 0 aliphatic rings. The van der Waals surface area contributed by atoms with Crippen molar-refractivity contribution in [3.63, 3.8) is 0 Å². The van der Waals surface area contributed by atoms with Gasteiger partial charge in [-0.3, -0.25) is 0 Å². The van der Waals surface area contributed by atoms with Gasteiger partial charge >= 0.3 is 0 Å². The van der Waals surface area contributed by atoms with Crippen LogP contribution in [0.25, 0.3) is 76.8 Å². The standard InChI is InChI=1S/C80H52N2/c1-7-23-59(24-8-1)69-35-19-21-37-73(69)77-55-61(45-39-57-41-47-67(48-42-57)81(63-27-11-3-12-28-63)64-29-13-4-14-30-64)71-52-54-76-78(74-38-22-20-36-70(74)60-25-9-2-10-26-60)56-62(72-51-53-75(77)79(71)80(72)76)46-40-58-43-49-68(50-44-58)82(65-31-15-5-16-32-65)66-33-17-6-18-34-66/h1-38,41-44,47-56H. The van der Waals surface area contributed by atoms with E-state index in [-0.39, 0.29) is 0 Å². The third kappa shape index (κ3) is 9.48. The molecule has 0 atom stereocenters. The first kappa shape index (κ1) is 49.2. The summed E-state index contributed by atoms with van der Waals surface area (Å²) in [4.78, 5) is 4.56. The molecule has 2 heteroatoms. The van der Waals surface area contributed by atoms with Gasteiger partial charge in [-0.25, -0.2) is 0 Å². The van der Waals surface area contributed by atoms with Gasteiger partial charge in [0.25, 0.3) is 0 Å². The van der Waals surface area contributed by atoms with Gasteiger partial charge in [-0.1, -0.05) is 230 Å². The van der Waals surface area contributed by atoms with Gasteiger partial charge in [0.05, 0.1) is 0 Å². The van der Waals surface area contributed by atoms with Gasteiger partial charge < -0.3 is 9.80 Å². The number of hydrogen-bond acceptors (Lipinski definition) is 2. The fraction of sp³-hybridized carbons (Fsp3) is 0. The van der Waals surface area contributed by atoms with Crippen molar-refractivity contribution < 1.29 is 0 Å². The monoisotopic (exact) mass is 1040 g/mol. The van der Waals surface area contributed by atoms with E-state index >= 15 is 0 Å². The van der Waals surface area contributed by atoms with Crippen molar-refractivity contribution in [2.24, 2.45) is 0 Å². The number of nitrogens with zero attached hydrogens (tertiary/aromatic N) is 2. The molecule has 0 amide bonds. The molecule has 14 aromatic carbocycles. The second kappa shape index (κ2) is 21.9. The highest BCUT2D eigenvalue weighted by Crippen LogP contribution is 2.48. The van der Waals surface area contributed by atoms with Crippen molar-refractivity contribution in [1.29, 1.82) is 0 Å². The van der Waals surface area contributed by atoms with Gasteiger partial charge in [0.2, 0.25) is 0 Å². The van der Waals surface area contributed by atoms with Crippen molar-refractivity contribution >= 4 is 66.4 Å². The normalized spacial score (nSPS) is 11.0. The van der Waals surface area contributed by atoms with Crippen LogP contribution in [-0.4, -0.2) is 0 Å². The Hall–Kier alpha value is -11.2. The molecule has 2 nitrogen and oxygen atoms in total. The van der Waals surface area contributed by atoms with Gasteiger partial charge in [0.15, 0.2) is 0 Å². The van der Waals surface area contributed by atoms with Crippen molar-refractivity contribution in [2.75, 3.05) is 9.80 Å². The third-order valence-electron chi connectivity index (χ3n) is 15.5. The molecule has 0 saturated heterocycles. The van der Waals surface area contributed by atoms with Crippen molar-refractivity contribution in [3.8, 4) is 68.2 Å². The Morgan fingerprint density at radius 3 is 0.793 bits per heavy atom. The molecule has 14 rings (SSSR count). The minimum atomic E-state index is 0.931. The third-order valence-corrected chi connectivity index (χ3v) is 15.5. The molecule has 0 spiro atoms. The van der Waals surface area contributed by atoms with E-state index in [1.54, 1.807) is 0 Å². The summed E-state index contributed by atoms with van der Waals surface area (Å²) in [5.41, 5.74) is 19.5. The summed E-state index contributed by atoms with van der Waals surface area (Å²) in [6, 6.07) is 112. The Morgan fingerprint density at radius 2 is 0.463 bits per heavy atom. The molecular formula is C80H52N2. The minimum Gasteiger partial charge on any atom is -0.311 e. The van der Waals surface area contributed by atoms with Crippen LogP contribution in [0.1, 0.15) is 22.3 Å². The average Bonchev–Trinajstić information content (AvgIpc) is 3.65. The summed E-state index contributed by atoms with van der Waals surface area (Å²) in [5.74, 6) is 14.9. The first-order valence-electron chi connectivity index (χ1n) is 27.8. The number of anilines is 6. The van der Waals surface area contributed by atoms with Gasteiger partial charge in [0, 0.05) is 56.4 Å². The van der Waals surface area contributed by atoms with Crippen LogP contribution >= 0.6 is 0 Å². The molecule has 0 fully saturated rings. The molecule has 382 valence electrons. The number of rotatable bonds is 10. The topological polar surface area (TPSA) is 6.48 Å². The zero-order chi connectivity index (χ0) is 54.6. The molecule has 0 unspecified atom stereocenters. The van der Waals surface area contributed by atoms with E-state index in [0.29, 0.717) is 0 Å². The van der Waals surface area contributed by atoms with Crippen LogP contribution in [0.5, 0.6) is 0 Å². The van der Waals surface area contributed by atoms with Crippen molar-refractivity contribution in [3.05, 3.63) is 338 Å². The summed E-state index contributed by atoms with van der Waals surface area (Å²) in [6.45, 7) is 0. The quantitative estimate of drug-likeness (QED) is 0.0995. The first-order valence-corrected chi connectivity index (χ1v) is 27.8. The highest BCUT2D eigenvalue weighted by Gasteiger charge is 2.22. The predicted octanol–water partition coefficient (Wildman–Crippen LogP) is 21.0. The van der Waals surface area contributed by atoms with E-state index in [2.05, 4.69) is 349 Å². The smallest absolute Gasteiger partial charge is 0.0462 e. The molecule has 0 aromatic heterocycles. The summed E-state index contributed by atoms with van der Waals surface area (Å²) in [7, 11) is 0. The SMILES string of the molecule is C(#Cc1cc(-c2ccccc2-c2ccccc2)c2ccc3c(C#Cc4ccc(N(c5ccccc5)c5ccccc5)cc4)cc(-c4ccccc4-c4ccccc4)c4ccc1c2c34)c1ccc(N(c2ccccc2)c2ccccc2)cc1. The molecule has 0 aliphatic heterocycles. The lowest BCUT2D eigenvalue weighted by atomic mass is 9.82. The molecule has 0 heterocycles. The second-order valence-corrected chi connectivity index (χ2v) is 20.4. The van der Waals surface area contributed by atoms with Crippen LogP contribution in [0.4, 0.5) is 34.1 Å². The van der Waals surface area contributed by atoms with Crippen LogP contribution in [0.2, 0.25) is 0 Å². The number of hydrogen-bond donors (Lipinski definition) is 0. The van der Waals surface area contributed by atoms with E-state index in [9.17, 15) is 0 Å². The van der Waals surface area contributed by atoms with Crippen LogP contribution in [0.15, 0.2) is 315 Å². The van der Waals surface area contributed by atoms with Crippen LogP contribution < -0.4 is 9.80 Å². The van der Waals surface area contributed by atoms with Crippen molar-refractivity contribution in [2.45, 2.75) is 0 Å². The molecule has 0 N–H and O–H groups in total. The van der Waals surface area contributed by atoms with Crippen molar-refractivity contribution in [1.82, 2.24) is 0 Å². The van der Waals surface area contributed by atoms with Gasteiger partial charge in [0.1, 0.15) is 0 Å². The summed E-state index contributed by atoms with van der Waals surface area (Å²) < 4.78 is 0. The maximum Gasteiger partial charge on any atom is 0.0462 e. The Morgan fingerprint density at radius 1 is 0.195 bits per heavy atom. The van der Waals surface area contributed by atoms with E-state index in [0.717, 1.165) is 111 Å². The Labute approximate surface area is 479 Å². The maximum absolute atomic E-state index is 3.77. The average molecular weight is 1040 g/mol. The van der Waals surface area contributed by atoms with Gasteiger partial charge in [-0.15, -0.1) is 0 Å². The van der Waals surface area contributed by atoms with E-state index in [1.807, 2.05) is 0 Å². The molecule has 0 bridgehead atoms. The molecule has 14 aromatic rings. The highest BCUT2D eigenvalue weighted by molar-refractivity contribution is 6.30. The lowest BCUT2D eigenvalue weighted by Gasteiger charge is -2.25. The lowest BCUT2D eigenvalue weighted by molar-refractivity contribution is 1.28. The van der Waals surface area contributed by atoms with E-state index < -0.39 is 0 Å². The van der Waals surface area contributed by atoms with Gasteiger partial charge in [-0.2, -0.15) is 0 Å². The predicted molar refractivity (Wildman–Crippen MR) is 346 cm³/mol. The lowest BCUT2D eigenvalue weighted by Crippen LogP contribution is -2.09. The maximum atomic E-state index is 3.77. The molecule has 82 heavy (non-hydrogen) atoms. The number of benzene rings is 14. The zero-order valence-electron chi connectivity index (χ0n) is 44.9. The molecule has 0 saturated carbocycles. The zero-order valence-corrected chi connectivity index (χ0v) is 44.9. The van der Waals surface area contributed by atoms with E-state index in [1.165, 1.54) is 21.9 Å². The summed E-state index contributed by atoms with van der Waals surface area (Å²) in [5, 5.41) is 6.87. The number of para-hydroxylation sites is 4. The minimum absolute atomic E-state index is 0.931. The Kier molecular flexibility index (Phi) is 13.1. The summed E-state index contributed by atoms with van der Waals surface area (Å²) in [6.07, 6.45) is 0. The van der Waals surface area contributed by atoms with Crippen LogP contribution in [0, 0.1) is 23.7 Å². The van der Waals surface area contributed by atoms with E-state index in [4.69, 9.17) is 0 Å². The first-order chi connectivity index (χ1) is 40.7. The fourth-order valence-corrected chi connectivity index (χ4v) is 11.7. The Bertz CT molecular complexity index is 4310. The Balaban J connectivity index is 0.970. The van der Waals surface area contributed by atoms with Crippen LogP contribution in [-0.2, 0) is 0 Å².